The van der Waals surface area contributed by atoms with Crippen LogP contribution in [0.1, 0.15) is 65.6 Å². The zero-order valence-electron chi connectivity index (χ0n) is 21.2. The van der Waals surface area contributed by atoms with Crippen molar-refractivity contribution >= 4 is 28.6 Å². The van der Waals surface area contributed by atoms with Crippen molar-refractivity contribution in [1.82, 2.24) is 4.98 Å². The predicted octanol–water partition coefficient (Wildman–Crippen LogP) is 6.94. The van der Waals surface area contributed by atoms with E-state index in [9.17, 15) is 0 Å². The van der Waals surface area contributed by atoms with E-state index in [0.29, 0.717) is 0 Å². The monoisotopic (exact) mass is 443 g/mol. The summed E-state index contributed by atoms with van der Waals surface area (Å²) < 4.78 is 0. The number of aryl methyl sites for hydroxylation is 1. The van der Waals surface area contributed by atoms with Crippen LogP contribution in [0.15, 0.2) is 68.8 Å². The highest BCUT2D eigenvalue weighted by Crippen LogP contribution is 2.31. The minimum Gasteiger partial charge on any atom is -0.357 e. The van der Waals surface area contributed by atoms with Gasteiger partial charge in [-0.15, -0.1) is 0 Å². The van der Waals surface area contributed by atoms with Crippen molar-refractivity contribution in [2.75, 3.05) is 18.0 Å². The Labute approximate surface area is 199 Å². The van der Waals surface area contributed by atoms with Crippen LogP contribution in [0.4, 0.5) is 11.5 Å². The molecule has 174 valence electrons. The largest absolute Gasteiger partial charge is 0.357 e. The maximum atomic E-state index is 5.13. The lowest BCUT2D eigenvalue weighted by Gasteiger charge is -2.26. The molecule has 0 fully saturated rings. The first kappa shape index (κ1) is 24.6. The number of hydrogen-bond donors (Lipinski definition) is 0. The molecule has 1 atom stereocenters. The number of benzene rings is 1. The molecule has 1 aromatic heterocycles. The van der Waals surface area contributed by atoms with Crippen LogP contribution in [0, 0.1) is 12.8 Å². The van der Waals surface area contributed by atoms with Gasteiger partial charge >= 0.3 is 0 Å². The molecule has 1 aromatic carbocycles. The number of aromatic nitrogens is 1. The molecule has 1 heterocycles. The van der Waals surface area contributed by atoms with E-state index in [4.69, 9.17) is 15.1 Å². The van der Waals surface area contributed by atoms with Gasteiger partial charge in [-0.2, -0.15) is 10.2 Å². The van der Waals surface area contributed by atoms with Crippen molar-refractivity contribution in [1.29, 1.82) is 0 Å². The molecule has 0 amide bonds. The number of allylic oxidation sites excluding steroid dienone is 2. The van der Waals surface area contributed by atoms with Crippen molar-refractivity contribution in [3.8, 4) is 0 Å². The van der Waals surface area contributed by atoms with Crippen LogP contribution in [0.25, 0.3) is 0 Å². The number of pyridine rings is 1. The average Bonchev–Trinajstić information content (AvgIpc) is 2.81. The molecule has 3 rings (SSSR count). The summed E-state index contributed by atoms with van der Waals surface area (Å²) in [6.07, 6.45) is 1.90. The minimum atomic E-state index is 0.259. The molecular weight excluding hydrogens is 406 g/mol. The minimum absolute atomic E-state index is 0.259. The van der Waals surface area contributed by atoms with Crippen molar-refractivity contribution < 1.29 is 0 Å². The quantitative estimate of drug-likeness (QED) is 0.344. The maximum Gasteiger partial charge on any atom is 0.128 e. The normalized spacial score (nSPS) is 19.5. The number of rotatable bonds is 7. The Morgan fingerprint density at radius 2 is 1.73 bits per heavy atom. The van der Waals surface area contributed by atoms with E-state index in [1.54, 1.807) is 0 Å². The maximum absolute atomic E-state index is 5.13. The number of aliphatic imine (C=N–C) groups is 1. The molecule has 0 aliphatic heterocycles. The summed E-state index contributed by atoms with van der Waals surface area (Å²) in [7, 11) is 0. The van der Waals surface area contributed by atoms with E-state index < -0.39 is 0 Å². The fourth-order valence-corrected chi connectivity index (χ4v) is 4.38. The van der Waals surface area contributed by atoms with Gasteiger partial charge in [0.05, 0.1) is 28.5 Å². The summed E-state index contributed by atoms with van der Waals surface area (Å²) in [5.41, 5.74) is 8.38. The Bertz CT molecular complexity index is 1090. The molecule has 5 nitrogen and oxygen atoms in total. The summed E-state index contributed by atoms with van der Waals surface area (Å²) >= 11 is 0. The van der Waals surface area contributed by atoms with Gasteiger partial charge in [0.1, 0.15) is 5.82 Å². The molecule has 2 aromatic rings. The predicted molar refractivity (Wildman–Crippen MR) is 142 cm³/mol. The van der Waals surface area contributed by atoms with Gasteiger partial charge in [-0.1, -0.05) is 49.8 Å². The molecule has 0 saturated heterocycles. The Morgan fingerprint density at radius 3 is 2.33 bits per heavy atom. The van der Waals surface area contributed by atoms with E-state index in [0.717, 1.165) is 65.8 Å². The summed E-state index contributed by atoms with van der Waals surface area (Å²) in [6, 6.07) is 14.3. The topological polar surface area (TPSA) is 53.2 Å². The molecular formula is C28H37N5. The fraction of sp³-hybridized carbons (Fsp3) is 0.429. The highest BCUT2D eigenvalue weighted by atomic mass is 15.2. The van der Waals surface area contributed by atoms with E-state index in [1.165, 1.54) is 11.1 Å². The Kier molecular flexibility index (Phi) is 8.32. The smallest absolute Gasteiger partial charge is 0.128 e. The third-order valence-electron chi connectivity index (χ3n) is 6.34. The molecule has 0 radical (unpaired) electrons. The van der Waals surface area contributed by atoms with Crippen molar-refractivity contribution in [3.63, 3.8) is 0 Å². The summed E-state index contributed by atoms with van der Waals surface area (Å²) in [6.45, 7) is 16.8. The lowest BCUT2D eigenvalue weighted by Crippen LogP contribution is -2.29. The summed E-state index contributed by atoms with van der Waals surface area (Å²) in [5, 5.41) is 9.38. The second-order valence-electron chi connectivity index (χ2n) is 8.66. The number of anilines is 1. The van der Waals surface area contributed by atoms with Gasteiger partial charge in [0.15, 0.2) is 0 Å². The van der Waals surface area contributed by atoms with E-state index in [1.807, 2.05) is 32.0 Å². The van der Waals surface area contributed by atoms with E-state index >= 15 is 0 Å². The van der Waals surface area contributed by atoms with E-state index in [2.05, 4.69) is 68.9 Å². The Hall–Kier alpha value is -3.08. The van der Waals surface area contributed by atoms with Gasteiger partial charge in [0, 0.05) is 19.0 Å². The van der Waals surface area contributed by atoms with Gasteiger partial charge in [-0.3, -0.25) is 0 Å². The molecule has 0 bridgehead atoms. The van der Waals surface area contributed by atoms with Crippen molar-refractivity contribution in [2.24, 2.45) is 21.1 Å². The first-order chi connectivity index (χ1) is 15.9. The number of hydrogen-bond acceptors (Lipinski definition) is 5. The number of nitrogens with zero attached hydrogens (tertiary/aromatic N) is 5. The lowest BCUT2D eigenvalue weighted by molar-refractivity contribution is 0.743. The third-order valence-corrected chi connectivity index (χ3v) is 6.34. The fourth-order valence-electron chi connectivity index (χ4n) is 4.38. The molecule has 1 aliphatic rings. The molecule has 0 spiro atoms. The SMILES string of the molecule is CCC1=C(C)CC(C)C(=N\N=C(/C)c2ccccc2)/C1=N/c1ccc(N(CC)CC)nc1C. The lowest BCUT2D eigenvalue weighted by atomic mass is 9.81. The third kappa shape index (κ3) is 5.65. The summed E-state index contributed by atoms with van der Waals surface area (Å²) in [4.78, 5) is 12.2. The molecule has 1 unspecified atom stereocenters. The van der Waals surface area contributed by atoms with Gasteiger partial charge in [-0.05, 0) is 70.7 Å². The highest BCUT2D eigenvalue weighted by Gasteiger charge is 2.27. The molecule has 0 N–H and O–H groups in total. The van der Waals surface area contributed by atoms with Crippen LogP contribution in [0.3, 0.4) is 0 Å². The van der Waals surface area contributed by atoms with Crippen molar-refractivity contribution in [2.45, 2.75) is 61.3 Å². The van der Waals surface area contributed by atoms with Crippen LogP contribution < -0.4 is 4.90 Å². The molecule has 5 heteroatoms. The second-order valence-corrected chi connectivity index (χ2v) is 8.66. The van der Waals surface area contributed by atoms with E-state index in [-0.39, 0.29) is 5.92 Å². The Morgan fingerprint density at radius 1 is 1.03 bits per heavy atom. The van der Waals surface area contributed by atoms with Gasteiger partial charge in [0.2, 0.25) is 0 Å². The molecule has 1 aliphatic carbocycles. The van der Waals surface area contributed by atoms with Crippen LogP contribution in [0.2, 0.25) is 0 Å². The zero-order valence-corrected chi connectivity index (χ0v) is 21.2. The van der Waals surface area contributed by atoms with Gasteiger partial charge in [-0.25, -0.2) is 9.98 Å². The Balaban J connectivity index is 2.08. The van der Waals surface area contributed by atoms with Crippen LogP contribution in [-0.2, 0) is 0 Å². The second kappa shape index (κ2) is 11.2. The molecule has 33 heavy (non-hydrogen) atoms. The van der Waals surface area contributed by atoms with Crippen LogP contribution >= 0.6 is 0 Å². The van der Waals surface area contributed by atoms with Crippen LogP contribution in [-0.4, -0.2) is 35.2 Å². The average molecular weight is 444 g/mol. The van der Waals surface area contributed by atoms with Gasteiger partial charge < -0.3 is 4.90 Å². The summed E-state index contributed by atoms with van der Waals surface area (Å²) in [5.74, 6) is 1.26. The first-order valence-electron chi connectivity index (χ1n) is 12.1. The highest BCUT2D eigenvalue weighted by molar-refractivity contribution is 6.50. The van der Waals surface area contributed by atoms with Crippen LogP contribution in [0.5, 0.6) is 0 Å². The van der Waals surface area contributed by atoms with Crippen molar-refractivity contribution in [3.05, 3.63) is 64.9 Å². The molecule has 0 saturated carbocycles. The first-order valence-corrected chi connectivity index (χ1v) is 12.1. The van der Waals surface area contributed by atoms with Gasteiger partial charge in [0.25, 0.3) is 0 Å². The zero-order chi connectivity index (χ0) is 24.0. The standard InChI is InChI=1S/C28H37N5/c1-8-24-19(4)18-20(5)27(32-31-21(6)23-14-12-11-13-15-23)28(24)30-25-16-17-26(29-22(25)7)33(9-2)10-3/h11-17,20H,8-10,18H2,1-7H3/b30-28+,31-21+,32-27+.